The van der Waals surface area contributed by atoms with Crippen molar-refractivity contribution in [3.63, 3.8) is 0 Å². The topological polar surface area (TPSA) is 59.2 Å². The van der Waals surface area contributed by atoms with E-state index in [4.69, 9.17) is 5.73 Å². The zero-order valence-electron chi connectivity index (χ0n) is 10.9. The highest BCUT2D eigenvalue weighted by atomic mass is 19.4. The number of alkyl halides is 3. The third-order valence-electron chi connectivity index (χ3n) is 3.54. The molecule has 1 saturated heterocycles. The van der Waals surface area contributed by atoms with Gasteiger partial charge in [0.05, 0.1) is 5.56 Å². The van der Waals surface area contributed by atoms with Crippen LogP contribution in [0.2, 0.25) is 0 Å². The van der Waals surface area contributed by atoms with E-state index in [1.54, 1.807) is 4.90 Å². The molecule has 2 N–H and O–H groups in total. The molecular weight excluding hydrogens is 271 g/mol. The Hall–Kier alpha value is -1.63. The number of nitrogens with two attached hydrogens (primary N) is 1. The first kappa shape index (κ1) is 14.8. The Morgan fingerprint density at radius 1 is 1.35 bits per heavy atom. The molecule has 1 amide bonds. The molecule has 0 saturated carbocycles. The van der Waals surface area contributed by atoms with Crippen LogP contribution in [-0.2, 0) is 6.18 Å². The van der Waals surface area contributed by atoms with Crippen molar-refractivity contribution >= 4 is 5.91 Å². The summed E-state index contributed by atoms with van der Waals surface area (Å²) in [6, 6.07) is 2.01. The lowest BCUT2D eigenvalue weighted by Crippen LogP contribution is -2.40. The van der Waals surface area contributed by atoms with E-state index in [2.05, 4.69) is 4.98 Å². The standard InChI is InChI=1S/C13H16F3N3O/c14-13(15,16)11-2-1-10(8-18-11)12(20)19-5-3-9(7-17)4-6-19/h1-2,8-9H,3-7,17H2. The minimum Gasteiger partial charge on any atom is -0.339 e. The number of carbonyl (C=O) groups is 1. The van der Waals surface area contributed by atoms with E-state index in [0.29, 0.717) is 25.6 Å². The molecule has 1 aliphatic heterocycles. The summed E-state index contributed by atoms with van der Waals surface area (Å²) in [5.74, 6) is 0.145. The van der Waals surface area contributed by atoms with E-state index in [9.17, 15) is 18.0 Å². The lowest BCUT2D eigenvalue weighted by molar-refractivity contribution is -0.141. The fourth-order valence-corrected chi connectivity index (χ4v) is 2.24. The molecule has 110 valence electrons. The number of piperidine rings is 1. The highest BCUT2D eigenvalue weighted by Gasteiger charge is 2.32. The van der Waals surface area contributed by atoms with Crippen molar-refractivity contribution in [1.29, 1.82) is 0 Å². The van der Waals surface area contributed by atoms with Crippen LogP contribution in [0.3, 0.4) is 0 Å². The SMILES string of the molecule is NCC1CCN(C(=O)c2ccc(C(F)(F)F)nc2)CC1. The van der Waals surface area contributed by atoms with Crippen LogP contribution in [0.25, 0.3) is 0 Å². The minimum atomic E-state index is -4.49. The number of pyridine rings is 1. The quantitative estimate of drug-likeness (QED) is 0.904. The molecule has 0 spiro atoms. The van der Waals surface area contributed by atoms with Crippen molar-refractivity contribution in [2.24, 2.45) is 11.7 Å². The van der Waals surface area contributed by atoms with Gasteiger partial charge in [0.1, 0.15) is 5.69 Å². The van der Waals surface area contributed by atoms with E-state index in [1.165, 1.54) is 6.07 Å². The Labute approximate surface area is 114 Å². The van der Waals surface area contributed by atoms with Gasteiger partial charge >= 0.3 is 6.18 Å². The maximum Gasteiger partial charge on any atom is 0.433 e. The molecule has 1 aliphatic rings. The van der Waals surface area contributed by atoms with Crippen LogP contribution < -0.4 is 5.73 Å². The predicted molar refractivity (Wildman–Crippen MR) is 66.9 cm³/mol. The maximum atomic E-state index is 12.4. The van der Waals surface area contributed by atoms with Crippen molar-refractivity contribution in [3.05, 3.63) is 29.6 Å². The summed E-state index contributed by atoms with van der Waals surface area (Å²) < 4.78 is 37.2. The fourth-order valence-electron chi connectivity index (χ4n) is 2.24. The number of halogens is 3. The monoisotopic (exact) mass is 287 g/mol. The highest BCUT2D eigenvalue weighted by Crippen LogP contribution is 2.27. The molecule has 1 fully saturated rings. The van der Waals surface area contributed by atoms with Crippen molar-refractivity contribution < 1.29 is 18.0 Å². The van der Waals surface area contributed by atoms with Crippen molar-refractivity contribution in [1.82, 2.24) is 9.88 Å². The number of amides is 1. The van der Waals surface area contributed by atoms with Gasteiger partial charge in [-0.2, -0.15) is 13.2 Å². The van der Waals surface area contributed by atoms with Gasteiger partial charge in [0.25, 0.3) is 5.91 Å². The van der Waals surface area contributed by atoms with E-state index in [1.807, 2.05) is 0 Å². The average Bonchev–Trinajstić information content (AvgIpc) is 2.46. The van der Waals surface area contributed by atoms with Crippen LogP contribution >= 0.6 is 0 Å². The number of hydrogen-bond donors (Lipinski definition) is 1. The number of hydrogen-bond acceptors (Lipinski definition) is 3. The summed E-state index contributed by atoms with van der Waals surface area (Å²) >= 11 is 0. The molecule has 0 aliphatic carbocycles. The molecule has 0 radical (unpaired) electrons. The Morgan fingerprint density at radius 2 is 2.00 bits per heavy atom. The van der Waals surface area contributed by atoms with Gasteiger partial charge in [0.15, 0.2) is 0 Å². The van der Waals surface area contributed by atoms with Crippen molar-refractivity contribution in [3.8, 4) is 0 Å². The van der Waals surface area contributed by atoms with Gasteiger partial charge in [-0.25, -0.2) is 0 Å². The lowest BCUT2D eigenvalue weighted by atomic mass is 9.97. The van der Waals surface area contributed by atoms with Crippen LogP contribution in [0.15, 0.2) is 18.3 Å². The molecule has 0 unspecified atom stereocenters. The van der Waals surface area contributed by atoms with Crippen molar-refractivity contribution in [2.75, 3.05) is 19.6 Å². The van der Waals surface area contributed by atoms with Gasteiger partial charge in [-0.1, -0.05) is 0 Å². The van der Waals surface area contributed by atoms with E-state index in [-0.39, 0.29) is 11.5 Å². The summed E-state index contributed by atoms with van der Waals surface area (Å²) in [7, 11) is 0. The Kier molecular flexibility index (Phi) is 4.27. The Bertz CT molecular complexity index is 465. The van der Waals surface area contributed by atoms with Crippen LogP contribution in [0.1, 0.15) is 28.9 Å². The van der Waals surface area contributed by atoms with E-state index < -0.39 is 11.9 Å². The van der Waals surface area contributed by atoms with Crippen LogP contribution in [0.4, 0.5) is 13.2 Å². The molecule has 1 aromatic heterocycles. The molecular formula is C13H16F3N3O. The third kappa shape index (κ3) is 3.27. The van der Waals surface area contributed by atoms with Gasteiger partial charge in [0, 0.05) is 19.3 Å². The van der Waals surface area contributed by atoms with E-state index >= 15 is 0 Å². The zero-order valence-corrected chi connectivity index (χ0v) is 10.9. The molecule has 0 bridgehead atoms. The van der Waals surface area contributed by atoms with E-state index in [0.717, 1.165) is 25.1 Å². The Balaban J connectivity index is 2.03. The summed E-state index contributed by atoms with van der Waals surface area (Å²) in [5.41, 5.74) is 4.77. The number of carbonyl (C=O) groups excluding carboxylic acids is 1. The third-order valence-corrected chi connectivity index (χ3v) is 3.54. The number of rotatable bonds is 2. The number of likely N-dealkylation sites (tertiary alicyclic amines) is 1. The second-order valence-corrected chi connectivity index (χ2v) is 4.90. The molecule has 2 heterocycles. The maximum absolute atomic E-state index is 12.4. The van der Waals surface area contributed by atoms with Crippen LogP contribution in [0, 0.1) is 5.92 Å². The van der Waals surface area contributed by atoms with Gasteiger partial charge in [-0.15, -0.1) is 0 Å². The molecule has 0 aromatic carbocycles. The normalized spacial score (nSPS) is 17.3. The Morgan fingerprint density at radius 3 is 2.45 bits per heavy atom. The second kappa shape index (κ2) is 5.78. The smallest absolute Gasteiger partial charge is 0.339 e. The van der Waals surface area contributed by atoms with Gasteiger partial charge in [-0.05, 0) is 37.4 Å². The largest absolute Gasteiger partial charge is 0.433 e. The average molecular weight is 287 g/mol. The predicted octanol–water partition coefficient (Wildman–Crippen LogP) is 1.91. The van der Waals surface area contributed by atoms with Crippen LogP contribution in [0.5, 0.6) is 0 Å². The fraction of sp³-hybridized carbons (Fsp3) is 0.538. The summed E-state index contributed by atoms with van der Waals surface area (Å²) in [5, 5.41) is 0. The highest BCUT2D eigenvalue weighted by molar-refractivity contribution is 5.94. The van der Waals surface area contributed by atoms with Gasteiger partial charge in [-0.3, -0.25) is 9.78 Å². The summed E-state index contributed by atoms with van der Waals surface area (Å²) in [4.78, 5) is 17.1. The molecule has 1 aromatic rings. The summed E-state index contributed by atoms with van der Waals surface area (Å²) in [6.45, 7) is 1.77. The van der Waals surface area contributed by atoms with Crippen LogP contribution in [-0.4, -0.2) is 35.4 Å². The van der Waals surface area contributed by atoms with Gasteiger partial charge < -0.3 is 10.6 Å². The summed E-state index contributed by atoms with van der Waals surface area (Å²) in [6.07, 6.45) is -1.84. The molecule has 2 rings (SSSR count). The molecule has 0 atom stereocenters. The first-order chi connectivity index (χ1) is 9.41. The van der Waals surface area contributed by atoms with Crippen molar-refractivity contribution in [2.45, 2.75) is 19.0 Å². The first-order valence-electron chi connectivity index (χ1n) is 6.44. The minimum absolute atomic E-state index is 0.184. The molecule has 4 nitrogen and oxygen atoms in total. The number of nitrogens with zero attached hydrogens (tertiary/aromatic N) is 2. The van der Waals surface area contributed by atoms with Gasteiger partial charge in [0.2, 0.25) is 0 Å². The zero-order chi connectivity index (χ0) is 14.8. The lowest BCUT2D eigenvalue weighted by Gasteiger charge is -2.31. The first-order valence-corrected chi connectivity index (χ1v) is 6.44. The second-order valence-electron chi connectivity index (χ2n) is 4.90. The molecule has 7 heteroatoms. The number of aromatic nitrogens is 1. The molecule has 20 heavy (non-hydrogen) atoms.